The average molecular weight is 216 g/mol. The predicted octanol–water partition coefficient (Wildman–Crippen LogP) is 2.04. The molecule has 2 aromatic heterocycles. The molecule has 0 spiro atoms. The second-order valence-corrected chi connectivity index (χ2v) is 4.07. The summed E-state index contributed by atoms with van der Waals surface area (Å²) in [6, 6.07) is 6.39. The predicted molar refractivity (Wildman–Crippen MR) is 62.1 cm³/mol. The summed E-state index contributed by atoms with van der Waals surface area (Å²) >= 11 is 0. The van der Waals surface area contributed by atoms with Gasteiger partial charge in [0.05, 0.1) is 0 Å². The van der Waals surface area contributed by atoms with E-state index in [4.69, 9.17) is 0 Å². The molecule has 4 nitrogen and oxygen atoms in total. The third kappa shape index (κ3) is 2.45. The Balaban J connectivity index is 2.02. The molecule has 0 amide bonds. The van der Waals surface area contributed by atoms with Crippen LogP contribution in [0.15, 0.2) is 30.7 Å². The molecule has 0 unspecified atom stereocenters. The molecule has 16 heavy (non-hydrogen) atoms. The molecule has 0 saturated carbocycles. The highest BCUT2D eigenvalue weighted by Crippen LogP contribution is 2.08. The molecule has 84 valence electrons. The van der Waals surface area contributed by atoms with Gasteiger partial charge in [-0.3, -0.25) is 4.98 Å². The van der Waals surface area contributed by atoms with E-state index in [0.717, 1.165) is 24.4 Å². The Hall–Kier alpha value is -1.71. The Morgan fingerprint density at radius 2 is 2.12 bits per heavy atom. The zero-order valence-corrected chi connectivity index (χ0v) is 9.67. The lowest BCUT2D eigenvalue weighted by atomic mass is 10.2. The smallest absolute Gasteiger partial charge is 0.133 e. The van der Waals surface area contributed by atoms with Crippen molar-refractivity contribution < 1.29 is 0 Å². The third-order valence-electron chi connectivity index (χ3n) is 2.53. The average Bonchev–Trinajstić information content (AvgIpc) is 2.76. The van der Waals surface area contributed by atoms with Gasteiger partial charge in [-0.2, -0.15) is 0 Å². The molecule has 2 heterocycles. The van der Waals surface area contributed by atoms with E-state index in [1.165, 1.54) is 0 Å². The number of nitrogens with zero attached hydrogens (tertiary/aromatic N) is 4. The Labute approximate surface area is 95.4 Å². The summed E-state index contributed by atoms with van der Waals surface area (Å²) in [6.45, 7) is 4.27. The van der Waals surface area contributed by atoms with E-state index in [0.29, 0.717) is 6.04 Å². The van der Waals surface area contributed by atoms with Gasteiger partial charge in [-0.05, 0) is 32.4 Å². The van der Waals surface area contributed by atoms with Gasteiger partial charge in [0.25, 0.3) is 0 Å². The number of pyridine rings is 1. The van der Waals surface area contributed by atoms with Gasteiger partial charge in [0.2, 0.25) is 0 Å². The molecule has 0 aliphatic heterocycles. The summed E-state index contributed by atoms with van der Waals surface area (Å²) < 4.78 is 2.10. The highest BCUT2D eigenvalue weighted by molar-refractivity contribution is 5.05. The van der Waals surface area contributed by atoms with Crippen LogP contribution in [0, 0.1) is 0 Å². The van der Waals surface area contributed by atoms with Crippen LogP contribution < -0.4 is 0 Å². The van der Waals surface area contributed by atoms with E-state index in [9.17, 15) is 0 Å². The zero-order chi connectivity index (χ0) is 11.4. The molecule has 0 radical (unpaired) electrons. The molecule has 0 N–H and O–H groups in total. The standard InChI is InChI=1S/C12H16N4/c1-10(2)16-9-14-15-12(16)7-6-11-5-3-4-8-13-11/h3-5,8-10H,6-7H2,1-2H3. The van der Waals surface area contributed by atoms with Crippen molar-refractivity contribution in [3.63, 3.8) is 0 Å². The van der Waals surface area contributed by atoms with Gasteiger partial charge in [-0.1, -0.05) is 6.07 Å². The molecular weight excluding hydrogens is 200 g/mol. The zero-order valence-electron chi connectivity index (χ0n) is 9.67. The van der Waals surface area contributed by atoms with Gasteiger partial charge in [0, 0.05) is 24.4 Å². The van der Waals surface area contributed by atoms with Crippen LogP contribution in [0.2, 0.25) is 0 Å². The first-order valence-electron chi connectivity index (χ1n) is 5.55. The van der Waals surface area contributed by atoms with Gasteiger partial charge in [-0.15, -0.1) is 10.2 Å². The quantitative estimate of drug-likeness (QED) is 0.785. The lowest BCUT2D eigenvalue weighted by Gasteiger charge is -2.09. The van der Waals surface area contributed by atoms with Crippen molar-refractivity contribution in [1.29, 1.82) is 0 Å². The largest absolute Gasteiger partial charge is 0.315 e. The fraction of sp³-hybridized carbons (Fsp3) is 0.417. The number of aromatic nitrogens is 4. The van der Waals surface area contributed by atoms with Crippen molar-refractivity contribution in [2.75, 3.05) is 0 Å². The van der Waals surface area contributed by atoms with Gasteiger partial charge in [-0.25, -0.2) is 0 Å². The maximum absolute atomic E-state index is 4.30. The summed E-state index contributed by atoms with van der Waals surface area (Å²) in [5.41, 5.74) is 1.10. The van der Waals surface area contributed by atoms with Crippen LogP contribution in [0.25, 0.3) is 0 Å². The van der Waals surface area contributed by atoms with Crippen LogP contribution in [0.3, 0.4) is 0 Å². The molecule has 2 aromatic rings. The molecular formula is C12H16N4. The molecule has 0 aliphatic rings. The first kappa shape index (κ1) is 10.8. The molecule has 2 rings (SSSR count). The molecule has 0 fully saturated rings. The lowest BCUT2D eigenvalue weighted by Crippen LogP contribution is -2.07. The van der Waals surface area contributed by atoms with Crippen LogP contribution in [-0.4, -0.2) is 19.7 Å². The number of hydrogen-bond acceptors (Lipinski definition) is 3. The molecule has 0 bridgehead atoms. The van der Waals surface area contributed by atoms with Crippen LogP contribution in [0.5, 0.6) is 0 Å². The van der Waals surface area contributed by atoms with E-state index in [-0.39, 0.29) is 0 Å². The summed E-state index contributed by atoms with van der Waals surface area (Å²) in [7, 11) is 0. The molecule has 0 aliphatic carbocycles. The van der Waals surface area contributed by atoms with Crippen molar-refractivity contribution in [2.24, 2.45) is 0 Å². The molecule has 4 heteroatoms. The van der Waals surface area contributed by atoms with Crippen molar-refractivity contribution in [3.8, 4) is 0 Å². The maximum atomic E-state index is 4.30. The minimum atomic E-state index is 0.411. The molecule has 0 saturated heterocycles. The topological polar surface area (TPSA) is 43.6 Å². The normalized spacial score (nSPS) is 10.9. The fourth-order valence-corrected chi connectivity index (χ4v) is 1.66. The minimum Gasteiger partial charge on any atom is -0.315 e. The highest BCUT2D eigenvalue weighted by atomic mass is 15.3. The molecule has 0 atom stereocenters. The highest BCUT2D eigenvalue weighted by Gasteiger charge is 2.07. The summed E-state index contributed by atoms with van der Waals surface area (Å²) in [6.07, 6.45) is 5.41. The number of hydrogen-bond donors (Lipinski definition) is 0. The summed E-state index contributed by atoms with van der Waals surface area (Å²) in [5, 5.41) is 8.09. The van der Waals surface area contributed by atoms with Crippen molar-refractivity contribution in [3.05, 3.63) is 42.2 Å². The van der Waals surface area contributed by atoms with E-state index >= 15 is 0 Å². The van der Waals surface area contributed by atoms with Gasteiger partial charge < -0.3 is 4.57 Å². The van der Waals surface area contributed by atoms with Gasteiger partial charge in [0.1, 0.15) is 12.2 Å². The second-order valence-electron chi connectivity index (χ2n) is 4.07. The Kier molecular flexibility index (Phi) is 3.29. The second kappa shape index (κ2) is 4.88. The molecule has 0 aromatic carbocycles. The van der Waals surface area contributed by atoms with Crippen LogP contribution in [0.4, 0.5) is 0 Å². The van der Waals surface area contributed by atoms with Crippen LogP contribution in [-0.2, 0) is 12.8 Å². The van der Waals surface area contributed by atoms with E-state index in [2.05, 4.69) is 33.6 Å². The fourth-order valence-electron chi connectivity index (χ4n) is 1.66. The third-order valence-corrected chi connectivity index (χ3v) is 2.53. The van der Waals surface area contributed by atoms with E-state index in [1.807, 2.05) is 24.4 Å². The SMILES string of the molecule is CC(C)n1cnnc1CCc1ccccn1. The Bertz CT molecular complexity index is 433. The van der Waals surface area contributed by atoms with Crippen molar-refractivity contribution in [1.82, 2.24) is 19.7 Å². The van der Waals surface area contributed by atoms with Crippen LogP contribution >= 0.6 is 0 Å². The summed E-state index contributed by atoms with van der Waals surface area (Å²) in [5.74, 6) is 1.03. The Morgan fingerprint density at radius 1 is 1.25 bits per heavy atom. The van der Waals surface area contributed by atoms with Crippen molar-refractivity contribution >= 4 is 0 Å². The summed E-state index contributed by atoms with van der Waals surface area (Å²) in [4.78, 5) is 4.30. The minimum absolute atomic E-state index is 0.411. The van der Waals surface area contributed by atoms with Gasteiger partial charge >= 0.3 is 0 Å². The van der Waals surface area contributed by atoms with Crippen LogP contribution in [0.1, 0.15) is 31.4 Å². The monoisotopic (exact) mass is 216 g/mol. The first-order chi connectivity index (χ1) is 7.77. The maximum Gasteiger partial charge on any atom is 0.133 e. The number of rotatable bonds is 4. The van der Waals surface area contributed by atoms with E-state index < -0.39 is 0 Å². The first-order valence-corrected chi connectivity index (χ1v) is 5.55. The van der Waals surface area contributed by atoms with E-state index in [1.54, 1.807) is 6.33 Å². The number of aryl methyl sites for hydroxylation is 2. The van der Waals surface area contributed by atoms with Crippen molar-refractivity contribution in [2.45, 2.75) is 32.7 Å². The van der Waals surface area contributed by atoms with Gasteiger partial charge in [0.15, 0.2) is 0 Å². The Morgan fingerprint density at radius 3 is 2.81 bits per heavy atom. The lowest BCUT2D eigenvalue weighted by molar-refractivity contribution is 0.565.